The molecule has 7 nitrogen and oxygen atoms in total. The summed E-state index contributed by atoms with van der Waals surface area (Å²) < 4.78 is 0. The Morgan fingerprint density at radius 1 is 1.41 bits per heavy atom. The van der Waals surface area contributed by atoms with E-state index >= 15 is 0 Å². The van der Waals surface area contributed by atoms with Crippen molar-refractivity contribution in [3.63, 3.8) is 0 Å². The van der Waals surface area contributed by atoms with Gasteiger partial charge in [-0.25, -0.2) is 0 Å². The van der Waals surface area contributed by atoms with Crippen LogP contribution in [0.3, 0.4) is 0 Å². The molecule has 0 spiro atoms. The maximum Gasteiger partial charge on any atom is 0.293 e. The van der Waals surface area contributed by atoms with E-state index in [0.29, 0.717) is 18.2 Å². The fourth-order valence-corrected chi connectivity index (χ4v) is 3.09. The Labute approximate surface area is 167 Å². The third kappa shape index (κ3) is 5.32. The Kier molecular flexibility index (Phi) is 8.04. The van der Waals surface area contributed by atoms with Crippen LogP contribution >= 0.6 is 12.4 Å². The summed E-state index contributed by atoms with van der Waals surface area (Å²) in [4.78, 5) is 25.8. The molecule has 1 heterocycles. The number of nitrogens with two attached hydrogens (primary N) is 1. The third-order valence-electron chi connectivity index (χ3n) is 5.66. The molecule has 3 N–H and O–H groups in total. The Morgan fingerprint density at radius 3 is 2.48 bits per heavy atom. The van der Waals surface area contributed by atoms with Crippen molar-refractivity contribution in [2.75, 3.05) is 24.5 Å². The SMILES string of the molecule is CC1CCN(c2ccc(C(=O)NC(C)(CN)C(C)C)cc2[N+](=O)[O-])CC1.Cl. The van der Waals surface area contributed by atoms with Gasteiger partial charge in [0.25, 0.3) is 11.6 Å². The summed E-state index contributed by atoms with van der Waals surface area (Å²) in [5.74, 6) is 0.440. The zero-order valence-corrected chi connectivity index (χ0v) is 17.3. The van der Waals surface area contributed by atoms with Crippen LogP contribution in [0.5, 0.6) is 0 Å². The molecule has 1 aliphatic heterocycles. The van der Waals surface area contributed by atoms with Gasteiger partial charge in [-0.1, -0.05) is 20.8 Å². The Hall–Kier alpha value is -1.86. The van der Waals surface area contributed by atoms with E-state index in [1.807, 2.05) is 25.7 Å². The van der Waals surface area contributed by atoms with Crippen molar-refractivity contribution in [3.8, 4) is 0 Å². The van der Waals surface area contributed by atoms with Crippen molar-refractivity contribution in [2.24, 2.45) is 17.6 Å². The highest BCUT2D eigenvalue weighted by Crippen LogP contribution is 2.32. The van der Waals surface area contributed by atoms with Gasteiger partial charge in [0.2, 0.25) is 0 Å². The van der Waals surface area contributed by atoms with Gasteiger partial charge >= 0.3 is 0 Å². The zero-order valence-electron chi connectivity index (χ0n) is 16.5. The van der Waals surface area contributed by atoms with Gasteiger partial charge in [-0.3, -0.25) is 14.9 Å². The average Bonchev–Trinajstić information content (AvgIpc) is 2.61. The van der Waals surface area contributed by atoms with E-state index in [-0.39, 0.29) is 35.5 Å². The number of nitro benzene ring substituents is 1. The van der Waals surface area contributed by atoms with E-state index in [4.69, 9.17) is 5.73 Å². The van der Waals surface area contributed by atoms with Gasteiger partial charge in [-0.2, -0.15) is 0 Å². The first-order valence-electron chi connectivity index (χ1n) is 9.24. The lowest BCUT2D eigenvalue weighted by molar-refractivity contribution is -0.384. The summed E-state index contributed by atoms with van der Waals surface area (Å²) in [5, 5.41) is 14.5. The summed E-state index contributed by atoms with van der Waals surface area (Å²) in [6.07, 6.45) is 2.03. The number of carbonyl (C=O) groups excluding carboxylic acids is 1. The topological polar surface area (TPSA) is 102 Å². The van der Waals surface area contributed by atoms with Crippen LogP contribution in [0.4, 0.5) is 11.4 Å². The molecule has 0 aromatic heterocycles. The van der Waals surface area contributed by atoms with Crippen molar-refractivity contribution < 1.29 is 9.72 Å². The number of nitro groups is 1. The van der Waals surface area contributed by atoms with E-state index < -0.39 is 10.5 Å². The molecule has 8 heteroatoms. The summed E-state index contributed by atoms with van der Waals surface area (Å²) in [6.45, 7) is 9.93. The smallest absolute Gasteiger partial charge is 0.293 e. The van der Waals surface area contributed by atoms with Crippen molar-refractivity contribution >= 4 is 29.7 Å². The average molecular weight is 399 g/mol. The maximum absolute atomic E-state index is 12.6. The molecule has 0 aliphatic carbocycles. The Morgan fingerprint density at radius 2 is 2.00 bits per heavy atom. The molecule has 1 saturated heterocycles. The third-order valence-corrected chi connectivity index (χ3v) is 5.66. The Bertz CT molecular complexity index is 675. The van der Waals surface area contributed by atoms with E-state index in [9.17, 15) is 14.9 Å². The fraction of sp³-hybridized carbons (Fsp3) is 0.632. The van der Waals surface area contributed by atoms with Crippen LogP contribution < -0.4 is 16.0 Å². The highest BCUT2D eigenvalue weighted by Gasteiger charge is 2.30. The minimum atomic E-state index is -0.562. The molecule has 0 bridgehead atoms. The van der Waals surface area contributed by atoms with Crippen molar-refractivity contribution in [3.05, 3.63) is 33.9 Å². The molecule has 1 amide bonds. The summed E-state index contributed by atoms with van der Waals surface area (Å²) in [5.41, 5.74) is 6.10. The fourth-order valence-electron chi connectivity index (χ4n) is 3.09. The van der Waals surface area contributed by atoms with Gasteiger partial charge in [0.05, 0.1) is 10.5 Å². The van der Waals surface area contributed by atoms with Gasteiger partial charge in [0.15, 0.2) is 0 Å². The largest absolute Gasteiger partial charge is 0.366 e. The number of nitrogens with zero attached hydrogens (tertiary/aromatic N) is 2. The number of amides is 1. The lowest BCUT2D eigenvalue weighted by Crippen LogP contribution is -2.55. The highest BCUT2D eigenvalue weighted by atomic mass is 35.5. The molecule has 1 unspecified atom stereocenters. The minimum absolute atomic E-state index is 0. The molecule has 1 aromatic carbocycles. The lowest BCUT2D eigenvalue weighted by Gasteiger charge is -2.34. The van der Waals surface area contributed by atoms with Crippen LogP contribution in [0.15, 0.2) is 18.2 Å². The molecule has 0 radical (unpaired) electrons. The molecule has 0 saturated carbocycles. The number of hydrogen-bond donors (Lipinski definition) is 2. The molecule has 2 rings (SSSR count). The second-order valence-electron chi connectivity index (χ2n) is 7.86. The number of hydrogen-bond acceptors (Lipinski definition) is 5. The second-order valence-corrected chi connectivity index (χ2v) is 7.86. The molecule has 1 fully saturated rings. The number of anilines is 1. The number of carbonyl (C=O) groups is 1. The zero-order chi connectivity index (χ0) is 19.5. The molecule has 27 heavy (non-hydrogen) atoms. The van der Waals surface area contributed by atoms with Crippen LogP contribution in [0.1, 0.15) is 50.9 Å². The monoisotopic (exact) mass is 398 g/mol. The number of nitrogens with one attached hydrogen (secondary N) is 1. The first-order valence-corrected chi connectivity index (χ1v) is 9.24. The van der Waals surface area contributed by atoms with Crippen LogP contribution in [0, 0.1) is 22.0 Å². The van der Waals surface area contributed by atoms with Gasteiger partial charge in [0, 0.05) is 31.3 Å². The normalized spacial score (nSPS) is 17.2. The van der Waals surface area contributed by atoms with Gasteiger partial charge in [-0.05, 0) is 43.7 Å². The van der Waals surface area contributed by atoms with Gasteiger partial charge < -0.3 is 16.0 Å². The second kappa shape index (κ2) is 9.37. The number of benzene rings is 1. The Balaban J connectivity index is 0.00000364. The van der Waals surface area contributed by atoms with E-state index in [2.05, 4.69) is 12.2 Å². The minimum Gasteiger partial charge on any atom is -0.366 e. The molecular weight excluding hydrogens is 368 g/mol. The molecule has 1 aliphatic rings. The van der Waals surface area contributed by atoms with Crippen LogP contribution in [0.2, 0.25) is 0 Å². The molecule has 1 aromatic rings. The van der Waals surface area contributed by atoms with Crippen molar-refractivity contribution in [1.82, 2.24) is 5.32 Å². The highest BCUT2D eigenvalue weighted by molar-refractivity contribution is 5.96. The maximum atomic E-state index is 12.6. The summed E-state index contributed by atoms with van der Waals surface area (Å²) in [6, 6.07) is 4.73. The van der Waals surface area contributed by atoms with E-state index in [1.54, 1.807) is 12.1 Å². The first-order chi connectivity index (χ1) is 12.2. The number of rotatable bonds is 6. The number of halogens is 1. The van der Waals surface area contributed by atoms with E-state index in [0.717, 1.165) is 25.9 Å². The van der Waals surface area contributed by atoms with Crippen LogP contribution in [-0.2, 0) is 0 Å². The van der Waals surface area contributed by atoms with Gasteiger partial charge in [-0.15, -0.1) is 12.4 Å². The molecular formula is C19H31ClN4O3. The summed E-state index contributed by atoms with van der Waals surface area (Å²) in [7, 11) is 0. The van der Waals surface area contributed by atoms with Crippen molar-refractivity contribution in [1.29, 1.82) is 0 Å². The first kappa shape index (κ1) is 23.2. The van der Waals surface area contributed by atoms with Gasteiger partial charge in [0.1, 0.15) is 5.69 Å². The quantitative estimate of drug-likeness (QED) is 0.565. The van der Waals surface area contributed by atoms with Crippen LogP contribution in [0.25, 0.3) is 0 Å². The molecule has 152 valence electrons. The predicted octanol–water partition coefficient (Wildman–Crippen LogP) is 3.36. The molecule has 1 atom stereocenters. The van der Waals surface area contributed by atoms with Crippen molar-refractivity contribution in [2.45, 2.75) is 46.1 Å². The number of piperidine rings is 1. The summed E-state index contributed by atoms with van der Waals surface area (Å²) >= 11 is 0. The predicted molar refractivity (Wildman–Crippen MR) is 111 cm³/mol. The van der Waals surface area contributed by atoms with Crippen LogP contribution in [-0.4, -0.2) is 36.0 Å². The standard InChI is InChI=1S/C19H30N4O3.ClH/c1-13(2)19(4,12-20)21-18(24)15-5-6-16(17(11-15)23(25)26)22-9-7-14(3)8-10-22;/h5-6,11,13-14H,7-10,12,20H2,1-4H3,(H,21,24);1H. The lowest BCUT2D eigenvalue weighted by atomic mass is 9.88. The van der Waals surface area contributed by atoms with E-state index in [1.165, 1.54) is 6.07 Å².